The molecule has 2 amide bonds. The maximum atomic E-state index is 13.1. The Labute approximate surface area is 200 Å². The van der Waals surface area contributed by atoms with Gasteiger partial charge in [-0.15, -0.1) is 0 Å². The Balaban J connectivity index is 1.74. The summed E-state index contributed by atoms with van der Waals surface area (Å²) in [4.78, 5) is 40.3. The fourth-order valence-electron chi connectivity index (χ4n) is 3.57. The number of amides is 2. The molecule has 0 aliphatic heterocycles. The molecule has 0 bridgehead atoms. The molecule has 0 fully saturated rings. The molecule has 0 aliphatic carbocycles. The van der Waals surface area contributed by atoms with Crippen molar-refractivity contribution >= 4 is 29.2 Å². The van der Waals surface area contributed by atoms with E-state index in [1.54, 1.807) is 25.2 Å². The molecule has 0 spiro atoms. The van der Waals surface area contributed by atoms with Gasteiger partial charge >= 0.3 is 5.97 Å². The average molecular weight is 459 g/mol. The largest absolute Gasteiger partial charge is 0.449 e. The van der Waals surface area contributed by atoms with Crippen LogP contribution in [0.5, 0.6) is 0 Å². The van der Waals surface area contributed by atoms with Crippen LogP contribution in [0.15, 0.2) is 78.9 Å². The number of hydrogen-bond acceptors (Lipinski definition) is 4. The van der Waals surface area contributed by atoms with Gasteiger partial charge < -0.3 is 15.0 Å². The maximum absolute atomic E-state index is 13.1. The number of hydrogen-bond donors (Lipinski definition) is 1. The normalized spacial score (nSPS) is 12.4. The van der Waals surface area contributed by atoms with E-state index >= 15 is 0 Å². The van der Waals surface area contributed by atoms with Crippen molar-refractivity contribution < 1.29 is 19.1 Å². The van der Waals surface area contributed by atoms with Gasteiger partial charge in [0, 0.05) is 18.4 Å². The summed E-state index contributed by atoms with van der Waals surface area (Å²) in [5, 5.41) is 2.87. The minimum atomic E-state index is -1.05. The van der Waals surface area contributed by atoms with Crippen LogP contribution in [0.2, 0.25) is 0 Å². The first kappa shape index (κ1) is 24.7. The summed E-state index contributed by atoms with van der Waals surface area (Å²) in [6.07, 6.45) is -0.118. The van der Waals surface area contributed by atoms with Crippen LogP contribution >= 0.6 is 0 Å². The van der Waals surface area contributed by atoms with E-state index in [2.05, 4.69) is 19.2 Å². The Morgan fingerprint density at radius 1 is 0.853 bits per heavy atom. The number of ether oxygens (including phenoxy) is 1. The Hall–Kier alpha value is -3.93. The molecule has 6 heteroatoms. The molecular formula is C28H30N2O4. The zero-order valence-corrected chi connectivity index (χ0v) is 19.9. The van der Waals surface area contributed by atoms with Gasteiger partial charge in [0.1, 0.15) is 0 Å². The number of rotatable bonds is 8. The van der Waals surface area contributed by atoms with Crippen molar-refractivity contribution in [2.45, 2.75) is 39.2 Å². The van der Waals surface area contributed by atoms with Gasteiger partial charge in [0.2, 0.25) is 0 Å². The third-order valence-corrected chi connectivity index (χ3v) is 5.84. The van der Waals surface area contributed by atoms with E-state index in [-0.39, 0.29) is 23.0 Å². The second-order valence-corrected chi connectivity index (χ2v) is 8.18. The molecule has 6 nitrogen and oxygen atoms in total. The van der Waals surface area contributed by atoms with Gasteiger partial charge in [-0.25, -0.2) is 4.79 Å². The monoisotopic (exact) mass is 458 g/mol. The highest BCUT2D eigenvalue weighted by Crippen LogP contribution is 2.27. The van der Waals surface area contributed by atoms with Crippen LogP contribution in [0.25, 0.3) is 0 Å². The Morgan fingerprint density at radius 3 is 2.12 bits per heavy atom. The fraction of sp³-hybridized carbons (Fsp3) is 0.250. The second-order valence-electron chi connectivity index (χ2n) is 8.18. The van der Waals surface area contributed by atoms with Gasteiger partial charge in [-0.05, 0) is 55.2 Å². The number of nitrogens with zero attached hydrogens (tertiary/aromatic N) is 1. The summed E-state index contributed by atoms with van der Waals surface area (Å²) in [5.74, 6) is -1.25. The first-order valence-corrected chi connectivity index (χ1v) is 11.4. The fourth-order valence-corrected chi connectivity index (χ4v) is 3.57. The van der Waals surface area contributed by atoms with Crippen LogP contribution in [-0.4, -0.2) is 30.9 Å². The van der Waals surface area contributed by atoms with Crippen molar-refractivity contribution in [2.24, 2.45) is 0 Å². The summed E-state index contributed by atoms with van der Waals surface area (Å²) in [5.41, 5.74) is 2.73. The van der Waals surface area contributed by atoms with Crippen molar-refractivity contribution in [3.8, 4) is 0 Å². The zero-order valence-electron chi connectivity index (χ0n) is 19.9. The van der Waals surface area contributed by atoms with Crippen LogP contribution < -0.4 is 10.2 Å². The number of esters is 1. The highest BCUT2D eigenvalue weighted by atomic mass is 16.5. The van der Waals surface area contributed by atoms with Gasteiger partial charge in [-0.3, -0.25) is 9.59 Å². The number of benzene rings is 3. The standard InChI is InChI=1S/C28H30N2O4/c1-5-19(2)22-15-11-12-18-25(22)29-26(31)20(3)34-28(33)24-17-10-9-16-23(24)27(32)30(4)21-13-7-6-8-14-21/h6-20H,5H2,1-4H3,(H,29,31). The van der Waals surface area contributed by atoms with E-state index < -0.39 is 18.0 Å². The third-order valence-electron chi connectivity index (χ3n) is 5.84. The lowest BCUT2D eigenvalue weighted by atomic mass is 9.97. The third kappa shape index (κ3) is 5.70. The molecule has 3 aromatic rings. The van der Waals surface area contributed by atoms with Gasteiger partial charge in [-0.1, -0.05) is 62.4 Å². The smallest absolute Gasteiger partial charge is 0.339 e. The van der Waals surface area contributed by atoms with E-state index in [9.17, 15) is 14.4 Å². The van der Waals surface area contributed by atoms with E-state index in [1.807, 2.05) is 54.6 Å². The molecule has 2 atom stereocenters. The number of carbonyl (C=O) groups excluding carboxylic acids is 3. The second kappa shape index (κ2) is 11.3. The average Bonchev–Trinajstić information content (AvgIpc) is 2.88. The highest BCUT2D eigenvalue weighted by molar-refractivity contribution is 6.12. The number of anilines is 2. The summed E-state index contributed by atoms with van der Waals surface area (Å²) in [6.45, 7) is 5.69. The summed E-state index contributed by atoms with van der Waals surface area (Å²) in [7, 11) is 1.64. The summed E-state index contributed by atoms with van der Waals surface area (Å²) >= 11 is 0. The minimum absolute atomic E-state index is 0.106. The van der Waals surface area contributed by atoms with E-state index in [0.717, 1.165) is 12.0 Å². The number of nitrogens with one attached hydrogen (secondary N) is 1. The quantitative estimate of drug-likeness (QED) is 0.442. The Morgan fingerprint density at radius 2 is 1.44 bits per heavy atom. The lowest BCUT2D eigenvalue weighted by molar-refractivity contribution is -0.123. The lowest BCUT2D eigenvalue weighted by Gasteiger charge is -2.20. The van der Waals surface area contributed by atoms with Gasteiger partial charge in [-0.2, -0.15) is 0 Å². The molecule has 0 saturated heterocycles. The molecular weight excluding hydrogens is 428 g/mol. The lowest BCUT2D eigenvalue weighted by Crippen LogP contribution is -2.32. The van der Waals surface area contributed by atoms with E-state index in [4.69, 9.17) is 4.74 Å². The summed E-state index contributed by atoms with van der Waals surface area (Å²) in [6, 6.07) is 23.2. The Kier molecular flexibility index (Phi) is 8.19. The summed E-state index contributed by atoms with van der Waals surface area (Å²) < 4.78 is 5.45. The van der Waals surface area contributed by atoms with Crippen LogP contribution in [0.3, 0.4) is 0 Å². The molecule has 0 saturated carbocycles. The van der Waals surface area contributed by atoms with Crippen molar-refractivity contribution in [1.29, 1.82) is 0 Å². The SMILES string of the molecule is CCC(C)c1ccccc1NC(=O)C(C)OC(=O)c1ccccc1C(=O)N(C)c1ccccc1. The van der Waals surface area contributed by atoms with Crippen LogP contribution in [-0.2, 0) is 9.53 Å². The molecule has 0 aromatic heterocycles. The number of para-hydroxylation sites is 2. The zero-order chi connectivity index (χ0) is 24.7. The first-order chi connectivity index (χ1) is 16.3. The molecule has 1 N–H and O–H groups in total. The van der Waals surface area contributed by atoms with E-state index in [1.165, 1.54) is 17.9 Å². The number of carbonyl (C=O) groups is 3. The first-order valence-electron chi connectivity index (χ1n) is 11.4. The molecule has 2 unspecified atom stereocenters. The van der Waals surface area contributed by atoms with Crippen molar-refractivity contribution in [3.63, 3.8) is 0 Å². The molecule has 0 radical (unpaired) electrons. The van der Waals surface area contributed by atoms with Crippen molar-refractivity contribution in [1.82, 2.24) is 0 Å². The molecule has 3 aromatic carbocycles. The molecule has 0 aliphatic rings. The molecule has 34 heavy (non-hydrogen) atoms. The van der Waals surface area contributed by atoms with Crippen molar-refractivity contribution in [2.75, 3.05) is 17.3 Å². The van der Waals surface area contributed by atoms with Gasteiger partial charge in [0.15, 0.2) is 6.10 Å². The molecule has 176 valence electrons. The maximum Gasteiger partial charge on any atom is 0.339 e. The van der Waals surface area contributed by atoms with Crippen LogP contribution in [0.1, 0.15) is 59.4 Å². The van der Waals surface area contributed by atoms with Gasteiger partial charge in [0.05, 0.1) is 11.1 Å². The van der Waals surface area contributed by atoms with E-state index in [0.29, 0.717) is 11.4 Å². The molecule has 3 rings (SSSR count). The van der Waals surface area contributed by atoms with Crippen LogP contribution in [0, 0.1) is 0 Å². The Bertz CT molecular complexity index is 1160. The van der Waals surface area contributed by atoms with Gasteiger partial charge in [0.25, 0.3) is 11.8 Å². The topological polar surface area (TPSA) is 75.7 Å². The minimum Gasteiger partial charge on any atom is -0.449 e. The predicted octanol–water partition coefficient (Wildman–Crippen LogP) is 5.66. The highest BCUT2D eigenvalue weighted by Gasteiger charge is 2.25. The van der Waals surface area contributed by atoms with Crippen molar-refractivity contribution in [3.05, 3.63) is 95.6 Å². The molecule has 0 heterocycles. The van der Waals surface area contributed by atoms with Crippen LogP contribution in [0.4, 0.5) is 11.4 Å². The predicted molar refractivity (Wildman–Crippen MR) is 134 cm³/mol.